The molecule has 1 aliphatic rings. The van der Waals surface area contributed by atoms with E-state index >= 15 is 0 Å². The van der Waals surface area contributed by atoms with Crippen molar-refractivity contribution in [2.24, 2.45) is 16.7 Å². The van der Waals surface area contributed by atoms with Crippen LogP contribution in [0.15, 0.2) is 0 Å². The molecule has 1 aliphatic carbocycles. The Morgan fingerprint density at radius 3 is 2.19 bits per heavy atom. The van der Waals surface area contributed by atoms with Crippen LogP contribution in [0.3, 0.4) is 0 Å². The molecule has 0 spiro atoms. The normalized spacial score (nSPS) is 33.8. The molecule has 1 unspecified atom stereocenters. The number of aliphatic hydroxyl groups excluding tert-OH is 1. The average Bonchev–Trinajstić information content (AvgIpc) is 2.18. The minimum absolute atomic E-state index is 0.0251. The first kappa shape index (κ1) is 14.0. The zero-order valence-electron chi connectivity index (χ0n) is 11.8. The van der Waals surface area contributed by atoms with E-state index in [0.29, 0.717) is 10.8 Å². The Bertz CT molecular complexity index is 206. The molecule has 0 aliphatic heterocycles. The van der Waals surface area contributed by atoms with Crippen molar-refractivity contribution in [3.8, 4) is 0 Å². The minimum Gasteiger partial charge on any atom is -0.393 e. The summed E-state index contributed by atoms with van der Waals surface area (Å²) in [5, 5.41) is 9.58. The first-order valence-electron chi connectivity index (χ1n) is 6.91. The molecule has 1 fully saturated rings. The molecule has 96 valence electrons. The van der Waals surface area contributed by atoms with E-state index in [4.69, 9.17) is 0 Å². The van der Waals surface area contributed by atoms with Gasteiger partial charge in [-0.3, -0.25) is 0 Å². The Morgan fingerprint density at radius 1 is 1.25 bits per heavy atom. The van der Waals surface area contributed by atoms with Crippen LogP contribution in [0.2, 0.25) is 0 Å². The van der Waals surface area contributed by atoms with Crippen LogP contribution < -0.4 is 0 Å². The Balaban J connectivity index is 2.43. The Hall–Kier alpha value is -0.0400. The van der Waals surface area contributed by atoms with Gasteiger partial charge in [0.15, 0.2) is 0 Å². The second-order valence-corrected chi connectivity index (χ2v) is 7.39. The van der Waals surface area contributed by atoms with Crippen LogP contribution in [0.4, 0.5) is 0 Å². The van der Waals surface area contributed by atoms with Crippen molar-refractivity contribution in [2.45, 2.75) is 79.2 Å². The lowest BCUT2D eigenvalue weighted by molar-refractivity contribution is 0.0359. The van der Waals surface area contributed by atoms with E-state index < -0.39 is 0 Å². The lowest BCUT2D eigenvalue weighted by Crippen LogP contribution is -2.33. The van der Waals surface area contributed by atoms with Gasteiger partial charge in [-0.25, -0.2) is 0 Å². The van der Waals surface area contributed by atoms with Gasteiger partial charge < -0.3 is 5.11 Å². The number of aliphatic hydroxyl groups is 1. The summed E-state index contributed by atoms with van der Waals surface area (Å²) in [6, 6.07) is 0. The van der Waals surface area contributed by atoms with Crippen LogP contribution in [0.1, 0.15) is 73.1 Å². The van der Waals surface area contributed by atoms with Crippen LogP contribution in [0.25, 0.3) is 0 Å². The molecule has 0 amide bonds. The van der Waals surface area contributed by atoms with Gasteiger partial charge in [0, 0.05) is 0 Å². The van der Waals surface area contributed by atoms with Crippen molar-refractivity contribution in [3.63, 3.8) is 0 Å². The summed E-state index contributed by atoms with van der Waals surface area (Å²) in [4.78, 5) is 0. The highest BCUT2D eigenvalue weighted by Gasteiger charge is 2.35. The predicted octanol–water partition coefficient (Wildman–Crippen LogP) is 4.39. The van der Waals surface area contributed by atoms with Crippen molar-refractivity contribution < 1.29 is 5.11 Å². The van der Waals surface area contributed by atoms with Crippen LogP contribution in [-0.2, 0) is 0 Å². The summed E-state index contributed by atoms with van der Waals surface area (Å²) < 4.78 is 0. The summed E-state index contributed by atoms with van der Waals surface area (Å²) in [6.45, 7) is 11.8. The monoisotopic (exact) mass is 226 g/mol. The highest BCUT2D eigenvalue weighted by atomic mass is 16.3. The quantitative estimate of drug-likeness (QED) is 0.756. The fraction of sp³-hybridized carbons (Fsp3) is 1.00. The van der Waals surface area contributed by atoms with Crippen LogP contribution in [-0.4, -0.2) is 11.2 Å². The van der Waals surface area contributed by atoms with Crippen LogP contribution in [0, 0.1) is 16.7 Å². The van der Waals surface area contributed by atoms with E-state index in [9.17, 15) is 5.11 Å². The van der Waals surface area contributed by atoms with E-state index in [1.54, 1.807) is 0 Å². The van der Waals surface area contributed by atoms with Gasteiger partial charge in [-0.2, -0.15) is 0 Å². The second-order valence-electron chi connectivity index (χ2n) is 7.39. The summed E-state index contributed by atoms with van der Waals surface area (Å²) >= 11 is 0. The maximum atomic E-state index is 9.58. The van der Waals surface area contributed by atoms with Gasteiger partial charge in [0.2, 0.25) is 0 Å². The van der Waals surface area contributed by atoms with Crippen molar-refractivity contribution in [1.82, 2.24) is 0 Å². The summed E-state index contributed by atoms with van der Waals surface area (Å²) in [7, 11) is 0. The van der Waals surface area contributed by atoms with E-state index in [1.165, 1.54) is 25.7 Å². The molecule has 1 rings (SSSR count). The van der Waals surface area contributed by atoms with Crippen molar-refractivity contribution in [2.75, 3.05) is 0 Å². The largest absolute Gasteiger partial charge is 0.393 e. The predicted molar refractivity (Wildman–Crippen MR) is 70.4 cm³/mol. The average molecular weight is 226 g/mol. The third kappa shape index (κ3) is 4.08. The molecule has 1 heteroatoms. The maximum Gasteiger partial charge on any atom is 0.0540 e. The van der Waals surface area contributed by atoms with Crippen molar-refractivity contribution in [1.29, 1.82) is 0 Å². The zero-order chi connectivity index (χ0) is 12.4. The molecule has 0 aromatic rings. The molecule has 0 bridgehead atoms. The van der Waals surface area contributed by atoms with Gasteiger partial charge in [0.1, 0.15) is 0 Å². The van der Waals surface area contributed by atoms with Gasteiger partial charge in [-0.1, -0.05) is 34.6 Å². The standard InChI is InChI=1S/C15H30O/c1-12(6-9-14(2,3)4)15(5)10-7-13(16)8-11-15/h12-13,16H,6-11H2,1-5H3. The molecule has 0 saturated heterocycles. The van der Waals surface area contributed by atoms with E-state index in [1.807, 2.05) is 0 Å². The molecule has 0 heterocycles. The van der Waals surface area contributed by atoms with Gasteiger partial charge in [-0.05, 0) is 55.3 Å². The Labute approximate surface area is 102 Å². The molecular weight excluding hydrogens is 196 g/mol. The van der Waals surface area contributed by atoms with E-state index in [0.717, 1.165) is 18.8 Å². The highest BCUT2D eigenvalue weighted by molar-refractivity contribution is 4.86. The van der Waals surface area contributed by atoms with Gasteiger partial charge in [0.25, 0.3) is 0 Å². The Kier molecular flexibility index (Phi) is 4.45. The van der Waals surface area contributed by atoms with Gasteiger partial charge in [-0.15, -0.1) is 0 Å². The van der Waals surface area contributed by atoms with E-state index in [2.05, 4.69) is 34.6 Å². The Morgan fingerprint density at radius 2 is 1.75 bits per heavy atom. The minimum atomic E-state index is -0.0251. The SMILES string of the molecule is CC(CCC(C)(C)C)C1(C)CCC(O)CC1. The summed E-state index contributed by atoms with van der Waals surface area (Å²) in [5.74, 6) is 0.791. The first-order chi connectivity index (χ1) is 7.23. The van der Waals surface area contributed by atoms with Crippen LogP contribution >= 0.6 is 0 Å². The van der Waals surface area contributed by atoms with Gasteiger partial charge >= 0.3 is 0 Å². The second kappa shape index (κ2) is 5.08. The van der Waals surface area contributed by atoms with Crippen molar-refractivity contribution in [3.05, 3.63) is 0 Å². The number of rotatable bonds is 3. The first-order valence-corrected chi connectivity index (χ1v) is 6.91. The smallest absolute Gasteiger partial charge is 0.0540 e. The third-order valence-corrected chi connectivity index (χ3v) is 4.61. The third-order valence-electron chi connectivity index (χ3n) is 4.61. The molecule has 1 nitrogen and oxygen atoms in total. The maximum absolute atomic E-state index is 9.58. The molecule has 0 aromatic carbocycles. The number of hydrogen-bond donors (Lipinski definition) is 1. The fourth-order valence-electron chi connectivity index (χ4n) is 2.75. The van der Waals surface area contributed by atoms with Crippen molar-refractivity contribution >= 4 is 0 Å². The molecule has 0 radical (unpaired) electrons. The lowest BCUT2D eigenvalue weighted by Gasteiger charge is -2.41. The molecule has 0 aromatic heterocycles. The molecular formula is C15H30O. The fourth-order valence-corrected chi connectivity index (χ4v) is 2.75. The zero-order valence-corrected chi connectivity index (χ0v) is 11.8. The molecule has 1 atom stereocenters. The molecule has 1 saturated carbocycles. The number of hydrogen-bond acceptors (Lipinski definition) is 1. The lowest BCUT2D eigenvalue weighted by atomic mass is 9.65. The van der Waals surface area contributed by atoms with E-state index in [-0.39, 0.29) is 6.10 Å². The topological polar surface area (TPSA) is 20.2 Å². The molecule has 1 N–H and O–H groups in total. The molecule has 16 heavy (non-hydrogen) atoms. The summed E-state index contributed by atoms with van der Waals surface area (Å²) in [6.07, 6.45) is 7.05. The van der Waals surface area contributed by atoms with Gasteiger partial charge in [0.05, 0.1) is 6.10 Å². The summed E-state index contributed by atoms with van der Waals surface area (Å²) in [5.41, 5.74) is 0.934. The highest BCUT2D eigenvalue weighted by Crippen LogP contribution is 2.44. The van der Waals surface area contributed by atoms with Crippen LogP contribution in [0.5, 0.6) is 0 Å².